The van der Waals surface area contributed by atoms with E-state index in [1.165, 1.54) is 0 Å². The van der Waals surface area contributed by atoms with Crippen LogP contribution in [0.4, 0.5) is 0 Å². The van der Waals surface area contributed by atoms with E-state index in [1.54, 1.807) is 0 Å². The summed E-state index contributed by atoms with van der Waals surface area (Å²) >= 11 is 5.95. The van der Waals surface area contributed by atoms with E-state index >= 15 is 0 Å². The smallest absolute Gasteiger partial charge is 0.207 e. The number of halogens is 1. The Morgan fingerprint density at radius 1 is 1.42 bits per heavy atom. The summed E-state index contributed by atoms with van der Waals surface area (Å²) < 4.78 is 17.8. The van der Waals surface area contributed by atoms with Crippen LogP contribution in [0.15, 0.2) is 28.7 Å². The molecule has 0 aliphatic heterocycles. The number of hydrogen-bond donors (Lipinski definition) is 0. The number of benzene rings is 1. The first kappa shape index (κ1) is 14.3. The molecule has 0 spiro atoms. The summed E-state index contributed by atoms with van der Waals surface area (Å²) in [4.78, 5) is 4.26. The van der Waals surface area contributed by atoms with Gasteiger partial charge in [-0.25, -0.2) is 4.98 Å². The molecule has 0 amide bonds. The second-order valence-corrected chi connectivity index (χ2v) is 6.67. The van der Waals surface area contributed by atoms with Crippen LogP contribution in [0.1, 0.15) is 35.1 Å². The van der Waals surface area contributed by atoms with Crippen molar-refractivity contribution >= 4 is 22.4 Å². The zero-order valence-corrected chi connectivity index (χ0v) is 12.7. The first-order valence-corrected chi connectivity index (χ1v) is 7.79. The molecule has 0 aliphatic rings. The molecule has 5 heteroatoms. The van der Waals surface area contributed by atoms with Crippen LogP contribution in [0.3, 0.4) is 0 Å². The Morgan fingerprint density at radius 2 is 2.16 bits per heavy atom. The lowest BCUT2D eigenvalue weighted by Crippen LogP contribution is -2.05. The largest absolute Gasteiger partial charge is 0.445 e. The minimum atomic E-state index is -1.08. The molecule has 2 rings (SSSR count). The molecule has 0 N–H and O–H groups in total. The van der Waals surface area contributed by atoms with E-state index < -0.39 is 10.8 Å². The highest BCUT2D eigenvalue weighted by molar-refractivity contribution is 7.84. The van der Waals surface area contributed by atoms with E-state index in [-0.39, 0.29) is 5.25 Å². The summed E-state index contributed by atoms with van der Waals surface area (Å²) in [5, 5.41) is 0.551. The summed E-state index contributed by atoms with van der Waals surface area (Å²) in [6.07, 6.45) is 0. The van der Waals surface area contributed by atoms with Gasteiger partial charge in [-0.3, -0.25) is 4.21 Å². The number of hydrogen-bond acceptors (Lipinski definition) is 3. The molecule has 0 fully saturated rings. The van der Waals surface area contributed by atoms with E-state index in [0.29, 0.717) is 16.7 Å². The van der Waals surface area contributed by atoms with Crippen molar-refractivity contribution in [2.75, 3.05) is 0 Å². The lowest BCUT2D eigenvalue weighted by atomic mass is 10.2. The molecular weight excluding hydrogens is 282 g/mol. The monoisotopic (exact) mass is 297 g/mol. The number of oxazole rings is 1. The number of aryl methyl sites for hydroxylation is 2. The van der Waals surface area contributed by atoms with Gasteiger partial charge in [-0.2, -0.15) is 0 Å². The molecule has 0 saturated carbocycles. The van der Waals surface area contributed by atoms with Crippen molar-refractivity contribution in [3.63, 3.8) is 0 Å². The lowest BCUT2D eigenvalue weighted by Gasteiger charge is -2.10. The molecule has 0 aliphatic carbocycles. The van der Waals surface area contributed by atoms with Crippen LogP contribution in [0.5, 0.6) is 0 Å². The molecule has 0 bridgehead atoms. The molecule has 1 heterocycles. The van der Waals surface area contributed by atoms with Gasteiger partial charge in [0.05, 0.1) is 10.9 Å². The number of aromatic nitrogens is 1. The van der Waals surface area contributed by atoms with Gasteiger partial charge in [0.2, 0.25) is 5.89 Å². The normalized spacial score (nSPS) is 14.3. The van der Waals surface area contributed by atoms with E-state index in [2.05, 4.69) is 4.98 Å². The third-order valence-electron chi connectivity index (χ3n) is 3.05. The predicted octanol–water partition coefficient (Wildman–Crippen LogP) is 3.95. The highest BCUT2D eigenvalue weighted by atomic mass is 35.5. The van der Waals surface area contributed by atoms with Crippen LogP contribution in [0, 0.1) is 13.8 Å². The van der Waals surface area contributed by atoms with E-state index in [4.69, 9.17) is 16.0 Å². The second-order valence-electron chi connectivity index (χ2n) is 4.47. The Kier molecular flexibility index (Phi) is 4.42. The minimum Gasteiger partial charge on any atom is -0.445 e. The molecule has 0 radical (unpaired) electrons. The van der Waals surface area contributed by atoms with Crippen LogP contribution in [-0.4, -0.2) is 9.19 Å². The van der Waals surface area contributed by atoms with Gasteiger partial charge in [-0.05, 0) is 38.5 Å². The van der Waals surface area contributed by atoms with Gasteiger partial charge < -0.3 is 4.42 Å². The van der Waals surface area contributed by atoms with Crippen LogP contribution >= 0.6 is 11.6 Å². The molecule has 3 nitrogen and oxygen atoms in total. The van der Waals surface area contributed by atoms with Crippen molar-refractivity contribution in [2.24, 2.45) is 0 Å². The fraction of sp³-hybridized carbons (Fsp3) is 0.357. The van der Waals surface area contributed by atoms with Crippen LogP contribution in [0.25, 0.3) is 0 Å². The van der Waals surface area contributed by atoms with Crippen molar-refractivity contribution < 1.29 is 8.63 Å². The Hall–Kier alpha value is -1.13. The molecule has 2 aromatic rings. The molecule has 102 valence electrons. The molecule has 2 atom stereocenters. The van der Waals surface area contributed by atoms with Gasteiger partial charge in [0.15, 0.2) is 0 Å². The highest BCUT2D eigenvalue weighted by Gasteiger charge is 2.17. The third-order valence-corrected chi connectivity index (χ3v) is 4.88. The van der Waals surface area contributed by atoms with Crippen molar-refractivity contribution in [2.45, 2.75) is 31.8 Å². The molecule has 1 aromatic heterocycles. The van der Waals surface area contributed by atoms with Crippen LogP contribution < -0.4 is 0 Å². The maximum atomic E-state index is 12.3. The summed E-state index contributed by atoms with van der Waals surface area (Å²) in [7, 11) is -1.08. The molecular formula is C14H16ClNO2S. The summed E-state index contributed by atoms with van der Waals surface area (Å²) in [5.41, 5.74) is 1.81. The average molecular weight is 298 g/mol. The third kappa shape index (κ3) is 3.45. The Labute approximate surface area is 120 Å². The summed E-state index contributed by atoms with van der Waals surface area (Å²) in [5.74, 6) is 1.63. The quantitative estimate of drug-likeness (QED) is 0.858. The first-order valence-electron chi connectivity index (χ1n) is 6.03. The van der Waals surface area contributed by atoms with Crippen molar-refractivity contribution in [1.29, 1.82) is 0 Å². The molecule has 0 saturated heterocycles. The number of nitrogens with zero attached hydrogens (tertiary/aromatic N) is 1. The zero-order chi connectivity index (χ0) is 14.0. The second kappa shape index (κ2) is 5.88. The number of rotatable bonds is 4. The zero-order valence-electron chi connectivity index (χ0n) is 11.1. The maximum Gasteiger partial charge on any atom is 0.207 e. The van der Waals surface area contributed by atoms with Crippen molar-refractivity contribution in [3.05, 3.63) is 52.2 Å². The van der Waals surface area contributed by atoms with E-state index in [0.717, 1.165) is 17.0 Å². The van der Waals surface area contributed by atoms with Crippen molar-refractivity contribution in [3.8, 4) is 0 Å². The minimum absolute atomic E-state index is 0.105. The fourth-order valence-electron chi connectivity index (χ4n) is 1.76. The lowest BCUT2D eigenvalue weighted by molar-refractivity contribution is 0.487. The fourth-order valence-corrected chi connectivity index (χ4v) is 3.02. The van der Waals surface area contributed by atoms with Gasteiger partial charge in [-0.1, -0.05) is 23.7 Å². The van der Waals surface area contributed by atoms with E-state index in [9.17, 15) is 4.21 Å². The topological polar surface area (TPSA) is 43.1 Å². The van der Waals surface area contributed by atoms with Crippen molar-refractivity contribution in [1.82, 2.24) is 4.98 Å². The maximum absolute atomic E-state index is 12.3. The summed E-state index contributed by atoms with van der Waals surface area (Å²) in [6.45, 7) is 5.66. The van der Waals surface area contributed by atoms with Gasteiger partial charge in [0.1, 0.15) is 11.5 Å². The van der Waals surface area contributed by atoms with Gasteiger partial charge >= 0.3 is 0 Å². The Morgan fingerprint density at radius 3 is 2.74 bits per heavy atom. The van der Waals surface area contributed by atoms with Crippen LogP contribution in [-0.2, 0) is 16.6 Å². The van der Waals surface area contributed by atoms with Gasteiger partial charge in [-0.15, -0.1) is 0 Å². The Bertz CT molecular complexity index is 590. The highest BCUT2D eigenvalue weighted by Crippen LogP contribution is 2.24. The predicted molar refractivity (Wildman–Crippen MR) is 77.7 cm³/mol. The van der Waals surface area contributed by atoms with Gasteiger partial charge in [0.25, 0.3) is 0 Å². The SMILES string of the molecule is Cc1nc(CS(=O)C(C)c2cccc(Cl)c2)oc1C. The Balaban J connectivity index is 2.11. The van der Waals surface area contributed by atoms with E-state index in [1.807, 2.05) is 45.0 Å². The first-order chi connectivity index (χ1) is 8.97. The van der Waals surface area contributed by atoms with Gasteiger partial charge in [0, 0.05) is 15.8 Å². The van der Waals surface area contributed by atoms with Crippen LogP contribution in [0.2, 0.25) is 5.02 Å². The molecule has 2 unspecified atom stereocenters. The summed E-state index contributed by atoms with van der Waals surface area (Å²) in [6, 6.07) is 7.45. The molecule has 1 aromatic carbocycles. The average Bonchev–Trinajstić information content (AvgIpc) is 2.67. The molecule has 19 heavy (non-hydrogen) atoms. The standard InChI is InChI=1S/C14H16ClNO2S/c1-9-10(2)18-14(16-9)8-19(17)11(3)12-5-4-6-13(15)7-12/h4-7,11H,8H2,1-3H3.